The molecule has 0 aromatic heterocycles. The Kier molecular flexibility index (Phi) is 6.61. The minimum atomic E-state index is 0.432. The van der Waals surface area contributed by atoms with Crippen LogP contribution in [0.25, 0.3) is 0 Å². The number of hydrogen-bond donors (Lipinski definition) is 0. The van der Waals surface area contributed by atoms with E-state index in [0.29, 0.717) is 6.10 Å². The second kappa shape index (κ2) is 6.81. The topological polar surface area (TPSA) is 9.23 Å². The zero-order chi connectivity index (χ0) is 7.82. The van der Waals surface area contributed by atoms with Gasteiger partial charge in [-0.1, -0.05) is 25.5 Å². The van der Waals surface area contributed by atoms with Crippen molar-refractivity contribution in [3.05, 3.63) is 12.2 Å². The highest BCUT2D eigenvalue weighted by atomic mass is 16.5. The van der Waals surface area contributed by atoms with E-state index in [0.717, 1.165) is 6.42 Å². The Morgan fingerprint density at radius 1 is 1.50 bits per heavy atom. The summed E-state index contributed by atoms with van der Waals surface area (Å²) >= 11 is 0. The van der Waals surface area contributed by atoms with Crippen LogP contribution >= 0.6 is 0 Å². The van der Waals surface area contributed by atoms with Crippen molar-refractivity contribution in [1.29, 1.82) is 0 Å². The first-order valence-corrected chi connectivity index (χ1v) is 3.99. The van der Waals surface area contributed by atoms with Crippen LogP contribution in [0, 0.1) is 0 Å². The molecule has 1 nitrogen and oxygen atoms in total. The molecule has 0 aromatic carbocycles. The Hall–Kier alpha value is -0.300. The highest BCUT2D eigenvalue weighted by Gasteiger charge is 2.01. The van der Waals surface area contributed by atoms with Gasteiger partial charge in [0.1, 0.15) is 0 Å². The van der Waals surface area contributed by atoms with Gasteiger partial charge in [0.2, 0.25) is 0 Å². The van der Waals surface area contributed by atoms with E-state index in [1.807, 2.05) is 6.92 Å². The number of hydrogen-bond acceptors (Lipinski definition) is 1. The summed E-state index contributed by atoms with van der Waals surface area (Å²) in [5, 5.41) is 0. The monoisotopic (exact) mass is 142 g/mol. The first-order valence-electron chi connectivity index (χ1n) is 3.99. The second-order valence-corrected chi connectivity index (χ2v) is 2.45. The van der Waals surface area contributed by atoms with Crippen LogP contribution in [-0.2, 0) is 4.74 Å². The number of allylic oxidation sites excluding steroid dienone is 1. The van der Waals surface area contributed by atoms with Crippen molar-refractivity contribution in [3.63, 3.8) is 0 Å². The van der Waals surface area contributed by atoms with Crippen LogP contribution in [0.4, 0.5) is 0 Å². The molecule has 0 bridgehead atoms. The van der Waals surface area contributed by atoms with Crippen molar-refractivity contribution in [2.75, 3.05) is 7.11 Å². The second-order valence-electron chi connectivity index (χ2n) is 2.45. The molecule has 0 aliphatic heterocycles. The fourth-order valence-electron chi connectivity index (χ4n) is 0.942. The van der Waals surface area contributed by atoms with Gasteiger partial charge in [-0.15, -0.1) is 0 Å². The fraction of sp³-hybridized carbons (Fsp3) is 0.778. The van der Waals surface area contributed by atoms with Crippen LogP contribution in [0.15, 0.2) is 12.2 Å². The Morgan fingerprint density at radius 3 is 2.60 bits per heavy atom. The molecule has 0 amide bonds. The Morgan fingerprint density at radius 2 is 2.20 bits per heavy atom. The van der Waals surface area contributed by atoms with Gasteiger partial charge in [0.25, 0.3) is 0 Å². The maximum Gasteiger partial charge on any atom is 0.0605 e. The Balaban J connectivity index is 3.39. The molecule has 0 rings (SSSR count). The molecule has 10 heavy (non-hydrogen) atoms. The molecule has 0 heterocycles. The van der Waals surface area contributed by atoms with Crippen LogP contribution in [0.1, 0.15) is 33.1 Å². The molecule has 0 N–H and O–H groups in total. The molecule has 0 radical (unpaired) electrons. The lowest BCUT2D eigenvalue weighted by Crippen LogP contribution is -2.07. The number of ether oxygens (including phenoxy) is 1. The third-order valence-electron chi connectivity index (χ3n) is 1.58. The molecule has 1 unspecified atom stereocenters. The van der Waals surface area contributed by atoms with Crippen LogP contribution in [0.3, 0.4) is 0 Å². The third-order valence-corrected chi connectivity index (χ3v) is 1.58. The Labute approximate surface area is 64.1 Å². The smallest absolute Gasteiger partial charge is 0.0605 e. The van der Waals surface area contributed by atoms with Crippen LogP contribution in [-0.4, -0.2) is 13.2 Å². The summed E-state index contributed by atoms with van der Waals surface area (Å²) in [6.07, 6.45) is 8.09. The quantitative estimate of drug-likeness (QED) is 0.536. The average molecular weight is 142 g/mol. The van der Waals surface area contributed by atoms with Gasteiger partial charge in [0.05, 0.1) is 6.10 Å². The maximum atomic E-state index is 5.24. The molecule has 0 aliphatic carbocycles. The summed E-state index contributed by atoms with van der Waals surface area (Å²) < 4.78 is 5.24. The first kappa shape index (κ1) is 9.70. The van der Waals surface area contributed by atoms with Gasteiger partial charge >= 0.3 is 0 Å². The predicted octanol–water partition coefficient (Wildman–Crippen LogP) is 2.77. The summed E-state index contributed by atoms with van der Waals surface area (Å²) in [6, 6.07) is 0. The zero-order valence-corrected chi connectivity index (χ0v) is 7.26. The molecule has 0 spiro atoms. The third kappa shape index (κ3) is 4.57. The summed E-state index contributed by atoms with van der Waals surface area (Å²) in [7, 11) is 1.78. The highest BCUT2D eigenvalue weighted by molar-refractivity contribution is 4.80. The maximum absolute atomic E-state index is 5.24. The lowest BCUT2D eigenvalue weighted by molar-refractivity contribution is 0.0971. The first-order chi connectivity index (χ1) is 4.85. The predicted molar refractivity (Wildman–Crippen MR) is 45.1 cm³/mol. The van der Waals surface area contributed by atoms with Gasteiger partial charge in [-0.3, -0.25) is 0 Å². The van der Waals surface area contributed by atoms with Gasteiger partial charge in [-0.05, 0) is 19.8 Å². The van der Waals surface area contributed by atoms with E-state index < -0.39 is 0 Å². The molecular weight excluding hydrogens is 124 g/mol. The van der Waals surface area contributed by atoms with Crippen LogP contribution < -0.4 is 0 Å². The number of rotatable bonds is 5. The molecule has 0 aliphatic rings. The van der Waals surface area contributed by atoms with Gasteiger partial charge in [0.15, 0.2) is 0 Å². The molecule has 1 atom stereocenters. The van der Waals surface area contributed by atoms with Crippen molar-refractivity contribution in [2.45, 2.75) is 39.2 Å². The number of methoxy groups -OCH3 is 1. The summed E-state index contributed by atoms with van der Waals surface area (Å²) in [4.78, 5) is 0. The van der Waals surface area contributed by atoms with Crippen molar-refractivity contribution in [3.8, 4) is 0 Å². The van der Waals surface area contributed by atoms with Crippen molar-refractivity contribution in [1.82, 2.24) is 0 Å². The van der Waals surface area contributed by atoms with E-state index >= 15 is 0 Å². The SMILES string of the molecule is CC=CCC(CCC)OC. The summed E-state index contributed by atoms with van der Waals surface area (Å²) in [5.74, 6) is 0. The van der Waals surface area contributed by atoms with Crippen molar-refractivity contribution < 1.29 is 4.74 Å². The van der Waals surface area contributed by atoms with E-state index in [4.69, 9.17) is 4.74 Å². The average Bonchev–Trinajstić information content (AvgIpc) is 1.98. The largest absolute Gasteiger partial charge is 0.381 e. The van der Waals surface area contributed by atoms with Gasteiger partial charge < -0.3 is 4.74 Å². The lowest BCUT2D eigenvalue weighted by Gasteiger charge is -2.10. The van der Waals surface area contributed by atoms with E-state index in [1.165, 1.54) is 12.8 Å². The van der Waals surface area contributed by atoms with Crippen molar-refractivity contribution in [2.24, 2.45) is 0 Å². The molecule has 0 aromatic rings. The standard InChI is InChI=1S/C9H18O/c1-4-6-8-9(10-3)7-5-2/h4,6,9H,5,7-8H2,1-3H3. The van der Waals surface area contributed by atoms with Crippen molar-refractivity contribution >= 4 is 0 Å². The van der Waals surface area contributed by atoms with E-state index in [-0.39, 0.29) is 0 Å². The molecule has 60 valence electrons. The van der Waals surface area contributed by atoms with E-state index in [2.05, 4.69) is 19.1 Å². The normalized spacial score (nSPS) is 14.3. The minimum Gasteiger partial charge on any atom is -0.381 e. The highest BCUT2D eigenvalue weighted by Crippen LogP contribution is 2.05. The van der Waals surface area contributed by atoms with E-state index in [9.17, 15) is 0 Å². The fourth-order valence-corrected chi connectivity index (χ4v) is 0.942. The van der Waals surface area contributed by atoms with Gasteiger partial charge in [-0.25, -0.2) is 0 Å². The molecule has 0 saturated heterocycles. The summed E-state index contributed by atoms with van der Waals surface area (Å²) in [5.41, 5.74) is 0. The van der Waals surface area contributed by atoms with Crippen LogP contribution in [0.2, 0.25) is 0 Å². The minimum absolute atomic E-state index is 0.432. The van der Waals surface area contributed by atoms with E-state index in [1.54, 1.807) is 7.11 Å². The van der Waals surface area contributed by atoms with Gasteiger partial charge in [0, 0.05) is 7.11 Å². The molecule has 0 fully saturated rings. The Bertz CT molecular complexity index is 86.7. The van der Waals surface area contributed by atoms with Gasteiger partial charge in [-0.2, -0.15) is 0 Å². The summed E-state index contributed by atoms with van der Waals surface area (Å²) in [6.45, 7) is 4.22. The lowest BCUT2D eigenvalue weighted by atomic mass is 10.1. The molecule has 1 heteroatoms. The van der Waals surface area contributed by atoms with Crippen LogP contribution in [0.5, 0.6) is 0 Å². The molecular formula is C9H18O. The zero-order valence-electron chi connectivity index (χ0n) is 7.26. The molecule has 0 saturated carbocycles.